The van der Waals surface area contributed by atoms with E-state index in [1.54, 1.807) is 39.8 Å². The minimum Gasteiger partial charge on any atom is -0.507 e. The van der Waals surface area contributed by atoms with Crippen molar-refractivity contribution in [1.82, 2.24) is 0 Å². The van der Waals surface area contributed by atoms with Gasteiger partial charge in [0.25, 0.3) is 0 Å². The minimum atomic E-state index is -1.10. The first-order valence-corrected chi connectivity index (χ1v) is 7.11. The van der Waals surface area contributed by atoms with Crippen LogP contribution in [-0.2, 0) is 19.5 Å². The van der Waals surface area contributed by atoms with Crippen LogP contribution in [0.1, 0.15) is 43.0 Å². The van der Waals surface area contributed by atoms with Gasteiger partial charge in [-0.2, -0.15) is 0 Å². The van der Waals surface area contributed by atoms with Crippen LogP contribution in [0.2, 0.25) is 0 Å². The molecule has 0 saturated heterocycles. The molecule has 0 bridgehead atoms. The molecule has 0 amide bonds. The Morgan fingerprint density at radius 3 is 1.20 bits per heavy atom. The van der Waals surface area contributed by atoms with Crippen LogP contribution in [0.4, 0.5) is 0 Å². The molecular weight excluding hydrogens is 378 g/mol. The predicted molar refractivity (Wildman–Crippen MR) is 89.1 cm³/mol. The number of phenols is 2. The molecule has 2 aromatic carbocycles. The van der Waals surface area contributed by atoms with Crippen molar-refractivity contribution in [3.8, 4) is 11.5 Å². The third-order valence-electron chi connectivity index (χ3n) is 3.35. The van der Waals surface area contributed by atoms with Crippen molar-refractivity contribution >= 4 is 11.9 Å². The summed E-state index contributed by atoms with van der Waals surface area (Å²) in [7, 11) is 0. The maximum absolute atomic E-state index is 10.6. The Hall–Kier alpha value is -2.40. The number of hydrogen-bond donors (Lipinski definition) is 4. The smallest absolute Gasteiger partial charge is 0.339 e. The van der Waals surface area contributed by atoms with Gasteiger partial charge in [-0.3, -0.25) is 0 Å². The molecule has 0 radical (unpaired) electrons. The van der Waals surface area contributed by atoms with E-state index in [4.69, 9.17) is 10.2 Å². The molecule has 130 valence electrons. The van der Waals surface area contributed by atoms with E-state index in [-0.39, 0.29) is 42.1 Å². The van der Waals surface area contributed by atoms with Crippen molar-refractivity contribution < 1.29 is 49.5 Å². The number of carboxylic acid groups (broad SMARTS) is 2. The van der Waals surface area contributed by atoms with Gasteiger partial charge in [0.15, 0.2) is 0 Å². The summed E-state index contributed by atoms with van der Waals surface area (Å²) >= 11 is 0. The Kier molecular flexibility index (Phi) is 8.30. The summed E-state index contributed by atoms with van der Waals surface area (Å²) in [6.07, 6.45) is 0. The van der Waals surface area contributed by atoms with Gasteiger partial charge in [0.2, 0.25) is 0 Å². The average Bonchev–Trinajstić information content (AvgIpc) is 2.46. The van der Waals surface area contributed by atoms with Gasteiger partial charge < -0.3 is 20.4 Å². The van der Waals surface area contributed by atoms with Crippen LogP contribution in [0.15, 0.2) is 24.3 Å². The summed E-state index contributed by atoms with van der Waals surface area (Å²) in [5.41, 5.74) is 2.78. The average molecular weight is 398 g/mol. The monoisotopic (exact) mass is 396 g/mol. The van der Waals surface area contributed by atoms with Crippen LogP contribution >= 0.6 is 0 Å². The van der Waals surface area contributed by atoms with Crippen LogP contribution in [0.3, 0.4) is 0 Å². The van der Waals surface area contributed by atoms with E-state index < -0.39 is 11.9 Å². The molecule has 7 heteroatoms. The number of carbonyl (C=O) groups is 2. The summed E-state index contributed by atoms with van der Waals surface area (Å²) in [5.74, 6) is -2.49. The fourth-order valence-corrected chi connectivity index (χ4v) is 2.25. The third-order valence-corrected chi connectivity index (χ3v) is 3.35. The Morgan fingerprint density at radius 1 is 0.680 bits per heavy atom. The standard InChI is InChI=1S/2C9H10O3.Zn/c2*1-5-3-6(2)8(10)7(4-5)9(11)12;/h2*3-4,10H,1-2H3,(H,11,12);. The first-order valence-electron chi connectivity index (χ1n) is 7.11. The van der Waals surface area contributed by atoms with Crippen LogP contribution in [-0.4, -0.2) is 32.4 Å². The summed E-state index contributed by atoms with van der Waals surface area (Å²) < 4.78 is 0. The van der Waals surface area contributed by atoms with Gasteiger partial charge in [-0.1, -0.05) is 12.1 Å². The topological polar surface area (TPSA) is 115 Å². The van der Waals surface area contributed by atoms with Crippen molar-refractivity contribution in [2.45, 2.75) is 27.7 Å². The molecular formula is C18H20O6Zn. The zero-order chi connectivity index (χ0) is 18.6. The maximum Gasteiger partial charge on any atom is 0.339 e. The maximum atomic E-state index is 10.6. The van der Waals surface area contributed by atoms with Crippen molar-refractivity contribution in [3.63, 3.8) is 0 Å². The van der Waals surface area contributed by atoms with E-state index in [2.05, 4.69) is 0 Å². The first kappa shape index (κ1) is 22.6. The molecule has 0 spiro atoms. The Bertz CT molecular complexity index is 731. The van der Waals surface area contributed by atoms with Gasteiger partial charge in [-0.15, -0.1) is 0 Å². The van der Waals surface area contributed by atoms with E-state index in [1.807, 2.05) is 0 Å². The molecule has 6 nitrogen and oxygen atoms in total. The molecule has 0 atom stereocenters. The quantitative estimate of drug-likeness (QED) is 0.577. The summed E-state index contributed by atoms with van der Waals surface area (Å²) in [6, 6.07) is 6.37. The Morgan fingerprint density at radius 2 is 0.960 bits per heavy atom. The Labute approximate surface area is 158 Å². The molecule has 0 unspecified atom stereocenters. The second-order valence-corrected chi connectivity index (χ2v) is 5.57. The molecule has 25 heavy (non-hydrogen) atoms. The molecule has 2 aromatic rings. The number of aromatic hydroxyl groups is 2. The third kappa shape index (κ3) is 5.87. The van der Waals surface area contributed by atoms with E-state index in [0.717, 1.165) is 11.1 Å². The molecule has 0 heterocycles. The fourth-order valence-electron chi connectivity index (χ4n) is 2.25. The largest absolute Gasteiger partial charge is 0.507 e. The molecule has 4 N–H and O–H groups in total. The van der Waals surface area contributed by atoms with Crippen molar-refractivity contribution in [3.05, 3.63) is 57.6 Å². The van der Waals surface area contributed by atoms with Crippen LogP contribution in [0.25, 0.3) is 0 Å². The van der Waals surface area contributed by atoms with Gasteiger partial charge in [0.05, 0.1) is 0 Å². The summed E-state index contributed by atoms with van der Waals surface area (Å²) in [6.45, 7) is 6.93. The van der Waals surface area contributed by atoms with E-state index in [1.165, 1.54) is 12.1 Å². The molecule has 0 aromatic heterocycles. The van der Waals surface area contributed by atoms with Gasteiger partial charge in [-0.05, 0) is 62.1 Å². The van der Waals surface area contributed by atoms with Crippen molar-refractivity contribution in [1.29, 1.82) is 0 Å². The SMILES string of the molecule is Cc1cc(C)c(O)c(C(=O)O)c1.Cc1cc(C)c(O)c(C(=O)O)c1.[Zn]. The van der Waals surface area contributed by atoms with Crippen molar-refractivity contribution in [2.24, 2.45) is 0 Å². The van der Waals surface area contributed by atoms with Gasteiger partial charge in [-0.25, -0.2) is 9.59 Å². The normalized spacial score (nSPS) is 9.44. The van der Waals surface area contributed by atoms with Crippen molar-refractivity contribution in [2.75, 3.05) is 0 Å². The van der Waals surface area contributed by atoms with Crippen LogP contribution in [0.5, 0.6) is 11.5 Å². The summed E-state index contributed by atoms with van der Waals surface area (Å²) in [5, 5.41) is 35.9. The minimum absolute atomic E-state index is 0. The number of aryl methyl sites for hydroxylation is 4. The van der Waals surface area contributed by atoms with Gasteiger partial charge >= 0.3 is 11.9 Å². The number of benzene rings is 2. The van der Waals surface area contributed by atoms with E-state index in [9.17, 15) is 19.8 Å². The number of rotatable bonds is 2. The predicted octanol–water partition coefficient (Wildman–Crippen LogP) is 3.41. The molecule has 0 aliphatic rings. The molecule has 0 fully saturated rings. The number of carboxylic acids is 2. The summed E-state index contributed by atoms with van der Waals surface area (Å²) in [4.78, 5) is 21.1. The van der Waals surface area contributed by atoms with Gasteiger partial charge in [0, 0.05) is 19.5 Å². The zero-order valence-corrected chi connectivity index (χ0v) is 17.6. The number of hydrogen-bond acceptors (Lipinski definition) is 4. The Balaban J connectivity index is 0.000000443. The fraction of sp³-hybridized carbons (Fsp3) is 0.222. The molecule has 0 aliphatic heterocycles. The number of aromatic carboxylic acids is 2. The van der Waals surface area contributed by atoms with E-state index >= 15 is 0 Å². The zero-order valence-electron chi connectivity index (χ0n) is 14.6. The van der Waals surface area contributed by atoms with E-state index in [0.29, 0.717) is 11.1 Å². The second kappa shape index (κ2) is 9.18. The second-order valence-electron chi connectivity index (χ2n) is 5.57. The van der Waals surface area contributed by atoms with Crippen LogP contribution < -0.4 is 0 Å². The first-order chi connectivity index (χ1) is 11.0. The molecule has 0 saturated carbocycles. The van der Waals surface area contributed by atoms with Gasteiger partial charge in [0.1, 0.15) is 22.6 Å². The molecule has 0 aliphatic carbocycles. The molecule has 2 rings (SSSR count). The van der Waals surface area contributed by atoms with Crippen LogP contribution in [0, 0.1) is 27.7 Å².